The maximum atomic E-state index is 12.7. The fourth-order valence-electron chi connectivity index (χ4n) is 3.60. The second-order valence-corrected chi connectivity index (χ2v) is 7.18. The molecule has 7 nitrogen and oxygen atoms in total. The average molecular weight is 408 g/mol. The molecule has 30 heavy (non-hydrogen) atoms. The number of nitrogens with zero attached hydrogens (tertiary/aromatic N) is 1. The molecule has 0 radical (unpaired) electrons. The highest BCUT2D eigenvalue weighted by Crippen LogP contribution is 2.32. The zero-order valence-electron chi connectivity index (χ0n) is 17.0. The molecule has 1 unspecified atom stereocenters. The number of nitrogens with one attached hydrogen (secondary N) is 1. The molecule has 7 heteroatoms. The van der Waals surface area contributed by atoms with Crippen molar-refractivity contribution in [3.05, 3.63) is 54.3 Å². The lowest BCUT2D eigenvalue weighted by Gasteiger charge is -2.29. The molecule has 2 heterocycles. The highest BCUT2D eigenvalue weighted by Gasteiger charge is 2.24. The second-order valence-electron chi connectivity index (χ2n) is 7.18. The molecule has 2 amide bonds. The number of furan rings is 1. The lowest BCUT2D eigenvalue weighted by Crippen LogP contribution is -2.38. The molecule has 1 aliphatic heterocycles. The summed E-state index contributed by atoms with van der Waals surface area (Å²) < 4.78 is 16.8. The number of para-hydroxylation sites is 3. The molecule has 1 atom stereocenters. The number of hydrogen-bond donors (Lipinski definition) is 1. The van der Waals surface area contributed by atoms with Crippen molar-refractivity contribution in [1.82, 2.24) is 5.32 Å². The van der Waals surface area contributed by atoms with Gasteiger partial charge in [-0.1, -0.05) is 24.3 Å². The minimum atomic E-state index is -0.325. The first-order valence-corrected chi connectivity index (χ1v) is 9.95. The Bertz CT molecular complexity index is 1070. The summed E-state index contributed by atoms with van der Waals surface area (Å²) >= 11 is 0. The van der Waals surface area contributed by atoms with Crippen molar-refractivity contribution in [2.24, 2.45) is 0 Å². The molecule has 1 aliphatic rings. The molecular formula is C23H24N2O5. The number of benzene rings is 2. The first kappa shape index (κ1) is 19.8. The Morgan fingerprint density at radius 2 is 2.00 bits per heavy atom. The molecule has 0 saturated heterocycles. The summed E-state index contributed by atoms with van der Waals surface area (Å²) in [6, 6.07) is 14.6. The summed E-state index contributed by atoms with van der Waals surface area (Å²) in [6.45, 7) is 2.78. The first-order valence-electron chi connectivity index (χ1n) is 9.95. The van der Waals surface area contributed by atoms with E-state index < -0.39 is 0 Å². The standard InChI is InChI=1S/C23H24N2O5/c1-15(20-14-16-6-5-9-19(28-2)23(16)30-20)24-21(26)10-11-22(27)25-12-13-29-18-8-4-3-7-17(18)25/h3-9,14-15H,10-13H2,1-2H3,(H,24,26). The van der Waals surface area contributed by atoms with Crippen molar-refractivity contribution in [1.29, 1.82) is 0 Å². The van der Waals surface area contributed by atoms with Crippen molar-refractivity contribution >= 4 is 28.5 Å². The normalized spacial score (nSPS) is 14.0. The minimum Gasteiger partial charge on any atom is -0.493 e. The number of carbonyl (C=O) groups is 2. The van der Waals surface area contributed by atoms with Crippen LogP contribution < -0.4 is 19.7 Å². The number of ether oxygens (including phenoxy) is 2. The van der Waals surface area contributed by atoms with E-state index in [1.807, 2.05) is 55.5 Å². The Morgan fingerprint density at radius 3 is 2.83 bits per heavy atom. The van der Waals surface area contributed by atoms with E-state index in [2.05, 4.69) is 5.32 Å². The van der Waals surface area contributed by atoms with Gasteiger partial charge in [0.15, 0.2) is 11.3 Å². The van der Waals surface area contributed by atoms with Gasteiger partial charge in [-0.15, -0.1) is 0 Å². The summed E-state index contributed by atoms with van der Waals surface area (Å²) in [5.41, 5.74) is 1.40. The van der Waals surface area contributed by atoms with Crippen LogP contribution in [0.3, 0.4) is 0 Å². The average Bonchev–Trinajstić information content (AvgIpc) is 3.22. The number of anilines is 1. The van der Waals surface area contributed by atoms with Crippen LogP contribution in [0.5, 0.6) is 11.5 Å². The summed E-state index contributed by atoms with van der Waals surface area (Å²) in [5.74, 6) is 1.67. The van der Waals surface area contributed by atoms with Gasteiger partial charge >= 0.3 is 0 Å². The van der Waals surface area contributed by atoms with E-state index in [0.717, 1.165) is 11.1 Å². The van der Waals surface area contributed by atoms with Gasteiger partial charge in [0.2, 0.25) is 11.8 Å². The Morgan fingerprint density at radius 1 is 1.17 bits per heavy atom. The molecule has 0 saturated carbocycles. The van der Waals surface area contributed by atoms with Gasteiger partial charge in [-0.2, -0.15) is 0 Å². The highest BCUT2D eigenvalue weighted by atomic mass is 16.5. The van der Waals surface area contributed by atoms with Crippen molar-refractivity contribution in [2.75, 3.05) is 25.2 Å². The molecule has 1 N–H and O–H groups in total. The first-order chi connectivity index (χ1) is 14.6. The van der Waals surface area contributed by atoms with Gasteiger partial charge in [0.1, 0.15) is 18.1 Å². The topological polar surface area (TPSA) is 81.0 Å². The number of amides is 2. The van der Waals surface area contributed by atoms with Crippen molar-refractivity contribution in [2.45, 2.75) is 25.8 Å². The molecule has 2 aromatic carbocycles. The number of carbonyl (C=O) groups excluding carboxylic acids is 2. The van der Waals surface area contributed by atoms with Crippen LogP contribution in [0.4, 0.5) is 5.69 Å². The Balaban J connectivity index is 1.35. The van der Waals surface area contributed by atoms with E-state index in [1.54, 1.807) is 12.0 Å². The van der Waals surface area contributed by atoms with Gasteiger partial charge in [0, 0.05) is 18.2 Å². The minimum absolute atomic E-state index is 0.0953. The predicted molar refractivity (Wildman–Crippen MR) is 113 cm³/mol. The molecule has 156 valence electrons. The summed E-state index contributed by atoms with van der Waals surface area (Å²) in [7, 11) is 1.59. The van der Waals surface area contributed by atoms with Crippen molar-refractivity contribution in [3.63, 3.8) is 0 Å². The van der Waals surface area contributed by atoms with E-state index in [9.17, 15) is 9.59 Å². The number of methoxy groups -OCH3 is 1. The number of rotatable bonds is 6. The van der Waals surface area contributed by atoms with Gasteiger partial charge in [0.25, 0.3) is 0 Å². The Hall–Kier alpha value is -3.48. The third kappa shape index (κ3) is 3.96. The van der Waals surface area contributed by atoms with Gasteiger partial charge in [0.05, 0.1) is 25.4 Å². The summed E-state index contributed by atoms with van der Waals surface area (Å²) in [6.07, 6.45) is 0.229. The SMILES string of the molecule is COc1cccc2cc(C(C)NC(=O)CCC(=O)N3CCOc4ccccc43)oc12. The highest BCUT2D eigenvalue weighted by molar-refractivity contribution is 5.97. The van der Waals surface area contributed by atoms with Gasteiger partial charge in [-0.05, 0) is 31.2 Å². The molecule has 4 rings (SSSR count). The van der Waals surface area contributed by atoms with E-state index in [1.165, 1.54) is 0 Å². The van der Waals surface area contributed by atoms with Crippen LogP contribution in [0, 0.1) is 0 Å². The van der Waals surface area contributed by atoms with Crippen LogP contribution in [0.1, 0.15) is 31.6 Å². The van der Waals surface area contributed by atoms with Gasteiger partial charge in [-0.3, -0.25) is 9.59 Å². The molecule has 0 spiro atoms. The zero-order valence-corrected chi connectivity index (χ0v) is 17.0. The second kappa shape index (κ2) is 8.49. The molecule has 1 aromatic heterocycles. The molecule has 0 bridgehead atoms. The third-order valence-corrected chi connectivity index (χ3v) is 5.15. The van der Waals surface area contributed by atoms with Crippen LogP contribution in [0.15, 0.2) is 52.9 Å². The fourth-order valence-corrected chi connectivity index (χ4v) is 3.60. The lowest BCUT2D eigenvalue weighted by molar-refractivity contribution is -0.125. The summed E-state index contributed by atoms with van der Waals surface area (Å²) in [4.78, 5) is 26.8. The van der Waals surface area contributed by atoms with Crippen LogP contribution >= 0.6 is 0 Å². The van der Waals surface area contributed by atoms with Crippen LogP contribution in [-0.4, -0.2) is 32.1 Å². The van der Waals surface area contributed by atoms with Crippen LogP contribution in [-0.2, 0) is 9.59 Å². The maximum Gasteiger partial charge on any atom is 0.227 e. The van der Waals surface area contributed by atoms with Crippen molar-refractivity contribution in [3.8, 4) is 11.5 Å². The molecule has 3 aromatic rings. The number of hydrogen-bond acceptors (Lipinski definition) is 5. The van der Waals surface area contributed by atoms with Crippen LogP contribution in [0.2, 0.25) is 0 Å². The molecule has 0 aliphatic carbocycles. The van der Waals surface area contributed by atoms with E-state index >= 15 is 0 Å². The van der Waals surface area contributed by atoms with E-state index in [4.69, 9.17) is 13.9 Å². The van der Waals surface area contributed by atoms with E-state index in [0.29, 0.717) is 36.0 Å². The summed E-state index contributed by atoms with van der Waals surface area (Å²) in [5, 5.41) is 3.81. The van der Waals surface area contributed by atoms with Gasteiger partial charge in [-0.25, -0.2) is 0 Å². The van der Waals surface area contributed by atoms with E-state index in [-0.39, 0.29) is 30.7 Å². The number of fused-ring (bicyclic) bond motifs is 2. The smallest absolute Gasteiger partial charge is 0.227 e. The fraction of sp³-hybridized carbons (Fsp3) is 0.304. The quantitative estimate of drug-likeness (QED) is 0.671. The third-order valence-electron chi connectivity index (χ3n) is 5.15. The lowest BCUT2D eigenvalue weighted by atomic mass is 10.1. The van der Waals surface area contributed by atoms with Crippen molar-refractivity contribution < 1.29 is 23.5 Å². The largest absolute Gasteiger partial charge is 0.493 e. The molecular weight excluding hydrogens is 384 g/mol. The Kier molecular flexibility index (Phi) is 5.61. The monoisotopic (exact) mass is 408 g/mol. The van der Waals surface area contributed by atoms with Gasteiger partial charge < -0.3 is 24.1 Å². The zero-order chi connectivity index (χ0) is 21.1. The van der Waals surface area contributed by atoms with Crippen LogP contribution in [0.25, 0.3) is 11.0 Å². The predicted octanol–water partition coefficient (Wildman–Crippen LogP) is 3.82. The molecule has 0 fully saturated rings. The Labute approximate surface area is 174 Å². The maximum absolute atomic E-state index is 12.7.